The van der Waals surface area contributed by atoms with E-state index in [0.29, 0.717) is 25.3 Å². The van der Waals surface area contributed by atoms with E-state index in [1.807, 2.05) is 18.3 Å². The molecular weight excluding hydrogens is 306 g/mol. The van der Waals surface area contributed by atoms with Crippen molar-refractivity contribution < 1.29 is 14.0 Å². The van der Waals surface area contributed by atoms with E-state index in [-0.39, 0.29) is 23.3 Å². The van der Waals surface area contributed by atoms with Crippen molar-refractivity contribution >= 4 is 11.8 Å². The van der Waals surface area contributed by atoms with Crippen LogP contribution in [0.4, 0.5) is 0 Å². The molecule has 2 aliphatic heterocycles. The molecule has 2 aromatic rings. The summed E-state index contributed by atoms with van der Waals surface area (Å²) in [7, 11) is 0. The van der Waals surface area contributed by atoms with Crippen molar-refractivity contribution in [2.45, 2.75) is 30.7 Å². The van der Waals surface area contributed by atoms with E-state index >= 15 is 0 Å². The highest BCUT2D eigenvalue weighted by atomic mass is 16.3. The van der Waals surface area contributed by atoms with Gasteiger partial charge in [0.1, 0.15) is 0 Å². The average Bonchev–Trinajstić information content (AvgIpc) is 3.24. The number of carbonyl (C=O) groups excluding carboxylic acids is 2. The number of likely N-dealkylation sites (tertiary alicyclic amines) is 1. The van der Waals surface area contributed by atoms with E-state index in [1.165, 1.54) is 6.26 Å². The molecule has 124 valence electrons. The summed E-state index contributed by atoms with van der Waals surface area (Å²) in [5.74, 6) is 0.469. The Bertz CT molecular complexity index is 734. The highest BCUT2D eigenvalue weighted by Crippen LogP contribution is 2.43. The van der Waals surface area contributed by atoms with Gasteiger partial charge in [-0.15, -0.1) is 0 Å². The Morgan fingerprint density at radius 3 is 2.79 bits per heavy atom. The topological polar surface area (TPSA) is 75.4 Å². The van der Waals surface area contributed by atoms with Crippen LogP contribution in [0, 0.1) is 0 Å². The van der Waals surface area contributed by atoms with Crippen molar-refractivity contribution in [3.8, 4) is 0 Å². The molecule has 4 heterocycles. The number of nitrogens with one attached hydrogen (secondary N) is 1. The smallest absolute Gasteiger partial charge is 0.289 e. The van der Waals surface area contributed by atoms with Gasteiger partial charge in [0.25, 0.3) is 5.91 Å². The Hall–Kier alpha value is -2.63. The van der Waals surface area contributed by atoms with Gasteiger partial charge in [-0.2, -0.15) is 0 Å². The predicted molar refractivity (Wildman–Crippen MR) is 86.3 cm³/mol. The fraction of sp³-hybridized carbons (Fsp3) is 0.389. The minimum atomic E-state index is -0.278. The highest BCUT2D eigenvalue weighted by Gasteiger charge is 2.49. The van der Waals surface area contributed by atoms with Crippen LogP contribution in [-0.4, -0.2) is 40.3 Å². The Morgan fingerprint density at radius 1 is 1.29 bits per heavy atom. The minimum absolute atomic E-state index is 0.0784. The van der Waals surface area contributed by atoms with Crippen LogP contribution < -0.4 is 5.32 Å². The number of hydrogen-bond donors (Lipinski definition) is 1. The van der Waals surface area contributed by atoms with Crippen LogP contribution in [-0.2, 0) is 4.79 Å². The van der Waals surface area contributed by atoms with E-state index in [0.717, 1.165) is 18.4 Å². The summed E-state index contributed by atoms with van der Waals surface area (Å²) in [5.41, 5.74) is 0.807. The summed E-state index contributed by atoms with van der Waals surface area (Å²) in [6, 6.07) is 7.33. The van der Waals surface area contributed by atoms with Crippen LogP contribution in [0.3, 0.4) is 0 Å². The molecule has 2 aliphatic rings. The minimum Gasteiger partial charge on any atom is -0.459 e. The van der Waals surface area contributed by atoms with E-state index in [1.54, 1.807) is 23.2 Å². The zero-order valence-corrected chi connectivity index (χ0v) is 13.3. The standard InChI is InChI=1S/C18H19N3O3/c22-16-11-14(13-3-1-7-19-12-13)18(20-16)5-8-21(9-6-18)17(23)15-4-2-10-24-15/h1-4,7,10,12,14H,5-6,8-9,11H2,(H,20,22)/t14-/m0/s1. The van der Waals surface area contributed by atoms with Crippen molar-refractivity contribution in [2.24, 2.45) is 0 Å². The maximum atomic E-state index is 12.4. The first-order valence-corrected chi connectivity index (χ1v) is 8.22. The first-order chi connectivity index (χ1) is 11.7. The lowest BCUT2D eigenvalue weighted by atomic mass is 9.74. The molecule has 24 heavy (non-hydrogen) atoms. The van der Waals surface area contributed by atoms with Gasteiger partial charge in [-0.3, -0.25) is 14.6 Å². The predicted octanol–water partition coefficient (Wildman–Crippen LogP) is 1.95. The fourth-order valence-corrected chi connectivity index (χ4v) is 3.95. The molecule has 1 spiro atoms. The number of pyridine rings is 1. The number of piperidine rings is 1. The molecule has 6 nitrogen and oxygen atoms in total. The van der Waals surface area contributed by atoms with E-state index in [2.05, 4.69) is 10.3 Å². The van der Waals surface area contributed by atoms with Crippen LogP contribution in [0.5, 0.6) is 0 Å². The molecule has 6 heteroatoms. The first kappa shape index (κ1) is 14.9. The van der Waals surface area contributed by atoms with E-state index < -0.39 is 0 Å². The van der Waals surface area contributed by atoms with E-state index in [4.69, 9.17) is 4.42 Å². The van der Waals surface area contributed by atoms with Gasteiger partial charge in [0, 0.05) is 37.8 Å². The summed E-state index contributed by atoms with van der Waals surface area (Å²) >= 11 is 0. The summed E-state index contributed by atoms with van der Waals surface area (Å²) < 4.78 is 5.20. The lowest BCUT2D eigenvalue weighted by Crippen LogP contribution is -2.54. The van der Waals surface area contributed by atoms with Crippen LogP contribution in [0.2, 0.25) is 0 Å². The Labute approximate surface area is 139 Å². The molecule has 0 radical (unpaired) electrons. The highest BCUT2D eigenvalue weighted by molar-refractivity contribution is 5.91. The zero-order valence-electron chi connectivity index (χ0n) is 13.3. The molecule has 2 saturated heterocycles. The van der Waals surface area contributed by atoms with Gasteiger partial charge in [-0.05, 0) is 36.6 Å². The van der Waals surface area contributed by atoms with Crippen molar-refractivity contribution in [1.82, 2.24) is 15.2 Å². The van der Waals surface area contributed by atoms with Crippen molar-refractivity contribution in [2.75, 3.05) is 13.1 Å². The molecule has 2 fully saturated rings. The monoisotopic (exact) mass is 325 g/mol. The number of nitrogens with zero attached hydrogens (tertiary/aromatic N) is 2. The average molecular weight is 325 g/mol. The molecule has 0 bridgehead atoms. The van der Waals surface area contributed by atoms with Gasteiger partial charge < -0.3 is 14.6 Å². The normalized spacial score (nSPS) is 22.6. The van der Waals surface area contributed by atoms with E-state index in [9.17, 15) is 9.59 Å². The third kappa shape index (κ3) is 2.48. The number of aromatic nitrogens is 1. The van der Waals surface area contributed by atoms with Crippen LogP contribution in [0.25, 0.3) is 0 Å². The largest absolute Gasteiger partial charge is 0.459 e. The molecule has 0 unspecified atom stereocenters. The van der Waals surface area contributed by atoms with Gasteiger partial charge >= 0.3 is 0 Å². The summed E-state index contributed by atoms with van der Waals surface area (Å²) in [6.45, 7) is 1.22. The second kappa shape index (κ2) is 5.78. The number of rotatable bonds is 2. The molecule has 1 atom stereocenters. The summed E-state index contributed by atoms with van der Waals surface area (Å²) in [6.07, 6.45) is 7.06. The number of furan rings is 1. The molecule has 4 rings (SSSR count). The Kier molecular flexibility index (Phi) is 3.59. The third-order valence-corrected chi connectivity index (χ3v) is 5.21. The number of hydrogen-bond acceptors (Lipinski definition) is 4. The first-order valence-electron chi connectivity index (χ1n) is 8.22. The SMILES string of the molecule is O=C1C[C@@H](c2cccnc2)C2(CCN(C(=O)c3ccco3)CC2)N1. The zero-order chi connectivity index (χ0) is 16.6. The molecular formula is C18H19N3O3. The van der Waals surface area contributed by atoms with Gasteiger partial charge in [-0.1, -0.05) is 6.07 Å². The van der Waals surface area contributed by atoms with Crippen molar-refractivity contribution in [1.29, 1.82) is 0 Å². The van der Waals surface area contributed by atoms with Crippen LogP contribution in [0.15, 0.2) is 47.3 Å². The lowest BCUT2D eigenvalue weighted by molar-refractivity contribution is -0.120. The quantitative estimate of drug-likeness (QED) is 0.916. The van der Waals surface area contributed by atoms with Gasteiger partial charge in [0.2, 0.25) is 5.91 Å². The molecule has 0 aromatic carbocycles. The molecule has 0 saturated carbocycles. The van der Waals surface area contributed by atoms with Gasteiger partial charge in [-0.25, -0.2) is 0 Å². The number of amides is 2. The van der Waals surface area contributed by atoms with Gasteiger partial charge in [0.15, 0.2) is 5.76 Å². The summed E-state index contributed by atoms with van der Waals surface area (Å²) in [5, 5.41) is 3.18. The summed E-state index contributed by atoms with van der Waals surface area (Å²) in [4.78, 5) is 30.5. The van der Waals surface area contributed by atoms with Gasteiger partial charge in [0.05, 0.1) is 11.8 Å². The molecule has 1 N–H and O–H groups in total. The second-order valence-electron chi connectivity index (χ2n) is 6.52. The lowest BCUT2D eigenvalue weighted by Gasteiger charge is -2.42. The Morgan fingerprint density at radius 2 is 2.12 bits per heavy atom. The molecule has 0 aliphatic carbocycles. The maximum Gasteiger partial charge on any atom is 0.289 e. The second-order valence-corrected chi connectivity index (χ2v) is 6.52. The fourth-order valence-electron chi connectivity index (χ4n) is 3.95. The molecule has 2 aromatic heterocycles. The van der Waals surface area contributed by atoms with Crippen molar-refractivity contribution in [3.05, 3.63) is 54.2 Å². The van der Waals surface area contributed by atoms with Crippen LogP contribution in [0.1, 0.15) is 41.3 Å². The number of carbonyl (C=O) groups is 2. The van der Waals surface area contributed by atoms with Crippen LogP contribution >= 0.6 is 0 Å². The van der Waals surface area contributed by atoms with Crippen molar-refractivity contribution in [3.63, 3.8) is 0 Å². The molecule has 2 amide bonds. The third-order valence-electron chi connectivity index (χ3n) is 5.21. The maximum absolute atomic E-state index is 12.4. The Balaban J connectivity index is 1.52.